The summed E-state index contributed by atoms with van der Waals surface area (Å²) in [6.45, 7) is 4.28. The first-order chi connectivity index (χ1) is 9.15. The van der Waals surface area contributed by atoms with E-state index >= 15 is 0 Å². The molecule has 0 aliphatic heterocycles. The number of benzene rings is 1. The molecule has 4 heteroatoms. The van der Waals surface area contributed by atoms with Crippen molar-refractivity contribution < 1.29 is 4.52 Å². The predicted molar refractivity (Wildman–Crippen MR) is 72.7 cm³/mol. The van der Waals surface area contributed by atoms with Crippen LogP contribution < -0.4 is 5.73 Å². The molecule has 0 amide bonds. The van der Waals surface area contributed by atoms with Crippen molar-refractivity contribution in [1.29, 1.82) is 0 Å². The molecular formula is C15H19N3O. The van der Waals surface area contributed by atoms with Gasteiger partial charge < -0.3 is 10.3 Å². The molecule has 100 valence electrons. The minimum atomic E-state index is -0.156. The van der Waals surface area contributed by atoms with Gasteiger partial charge in [0.1, 0.15) is 0 Å². The van der Waals surface area contributed by atoms with Gasteiger partial charge in [-0.1, -0.05) is 43.3 Å². The second-order valence-corrected chi connectivity index (χ2v) is 5.68. The number of aromatic nitrogens is 2. The molecular weight excluding hydrogens is 238 g/mol. The Balaban J connectivity index is 1.77. The molecule has 2 aromatic rings. The summed E-state index contributed by atoms with van der Waals surface area (Å²) in [4.78, 5) is 4.48. The molecule has 0 bridgehead atoms. The molecule has 1 aliphatic rings. The Bertz CT molecular complexity index is 576. The number of nitrogens with zero attached hydrogens (tertiary/aromatic N) is 2. The Morgan fingerprint density at radius 3 is 2.89 bits per heavy atom. The average Bonchev–Trinajstić information content (AvgIpc) is 2.79. The van der Waals surface area contributed by atoms with Gasteiger partial charge in [0.2, 0.25) is 5.89 Å². The van der Waals surface area contributed by atoms with Crippen molar-refractivity contribution in [3.63, 3.8) is 0 Å². The molecule has 0 fully saturated rings. The zero-order chi connectivity index (χ0) is 13.4. The first-order valence-electron chi connectivity index (χ1n) is 6.82. The van der Waals surface area contributed by atoms with E-state index in [9.17, 15) is 0 Å². The molecule has 1 aromatic carbocycles. The number of hydrogen-bond donors (Lipinski definition) is 1. The lowest BCUT2D eigenvalue weighted by atomic mass is 9.77. The lowest BCUT2D eigenvalue weighted by Gasteiger charge is -2.27. The number of hydrogen-bond acceptors (Lipinski definition) is 4. The molecule has 1 aromatic heterocycles. The smallest absolute Gasteiger partial charge is 0.243 e. The molecule has 1 heterocycles. The van der Waals surface area contributed by atoms with E-state index in [4.69, 9.17) is 10.3 Å². The first-order valence-corrected chi connectivity index (χ1v) is 6.82. The van der Waals surface area contributed by atoms with Crippen molar-refractivity contribution >= 4 is 0 Å². The van der Waals surface area contributed by atoms with Gasteiger partial charge in [0.25, 0.3) is 0 Å². The highest BCUT2D eigenvalue weighted by Crippen LogP contribution is 2.38. The van der Waals surface area contributed by atoms with Crippen LogP contribution in [0.3, 0.4) is 0 Å². The Morgan fingerprint density at radius 1 is 1.37 bits per heavy atom. The van der Waals surface area contributed by atoms with Crippen molar-refractivity contribution in [2.75, 3.05) is 0 Å². The number of rotatable bonds is 4. The summed E-state index contributed by atoms with van der Waals surface area (Å²) in [6.07, 6.45) is 1.86. The van der Waals surface area contributed by atoms with Crippen molar-refractivity contribution in [3.8, 4) is 0 Å². The SMILES string of the molecule is CC(C)C[C@@H](N)c1nc(C2Cc3ccccc32)no1. The summed E-state index contributed by atoms with van der Waals surface area (Å²) in [6, 6.07) is 8.24. The minimum Gasteiger partial charge on any atom is -0.338 e. The second kappa shape index (κ2) is 4.78. The zero-order valence-corrected chi connectivity index (χ0v) is 11.3. The van der Waals surface area contributed by atoms with Gasteiger partial charge in [-0.2, -0.15) is 4.98 Å². The Morgan fingerprint density at radius 2 is 2.16 bits per heavy atom. The molecule has 0 saturated heterocycles. The fourth-order valence-electron chi connectivity index (χ4n) is 2.64. The van der Waals surface area contributed by atoms with Gasteiger partial charge in [-0.3, -0.25) is 0 Å². The van der Waals surface area contributed by atoms with E-state index in [-0.39, 0.29) is 12.0 Å². The molecule has 19 heavy (non-hydrogen) atoms. The number of fused-ring (bicyclic) bond motifs is 1. The highest BCUT2D eigenvalue weighted by molar-refractivity contribution is 5.43. The van der Waals surface area contributed by atoms with Crippen molar-refractivity contribution in [1.82, 2.24) is 10.1 Å². The average molecular weight is 257 g/mol. The van der Waals surface area contributed by atoms with E-state index in [1.165, 1.54) is 11.1 Å². The summed E-state index contributed by atoms with van der Waals surface area (Å²) in [7, 11) is 0. The van der Waals surface area contributed by atoms with Crippen LogP contribution in [0.25, 0.3) is 0 Å². The van der Waals surface area contributed by atoms with Gasteiger partial charge in [0, 0.05) is 0 Å². The third kappa shape index (κ3) is 2.28. The van der Waals surface area contributed by atoms with Gasteiger partial charge in [-0.05, 0) is 29.9 Å². The van der Waals surface area contributed by atoms with E-state index in [0.717, 1.165) is 18.7 Å². The van der Waals surface area contributed by atoms with Crippen LogP contribution >= 0.6 is 0 Å². The lowest BCUT2D eigenvalue weighted by Crippen LogP contribution is -2.19. The molecule has 3 rings (SSSR count). The molecule has 2 N–H and O–H groups in total. The van der Waals surface area contributed by atoms with Crippen LogP contribution in [0.2, 0.25) is 0 Å². The molecule has 1 aliphatic carbocycles. The monoisotopic (exact) mass is 257 g/mol. The molecule has 2 atom stereocenters. The van der Waals surface area contributed by atoms with Gasteiger partial charge >= 0.3 is 0 Å². The molecule has 0 saturated carbocycles. The lowest BCUT2D eigenvalue weighted by molar-refractivity contribution is 0.331. The van der Waals surface area contributed by atoms with Crippen LogP contribution in [0.4, 0.5) is 0 Å². The van der Waals surface area contributed by atoms with E-state index in [2.05, 4.69) is 48.3 Å². The molecule has 0 radical (unpaired) electrons. The summed E-state index contributed by atoms with van der Waals surface area (Å²) >= 11 is 0. The van der Waals surface area contributed by atoms with E-state index in [0.29, 0.717) is 11.8 Å². The standard InChI is InChI=1S/C15H19N3O/c1-9(2)7-13(16)15-17-14(18-19-15)12-8-10-5-3-4-6-11(10)12/h3-6,9,12-13H,7-8,16H2,1-2H3/t12?,13-/m1/s1. The van der Waals surface area contributed by atoms with Crippen LogP contribution in [0.1, 0.15) is 55.1 Å². The zero-order valence-electron chi connectivity index (χ0n) is 11.3. The molecule has 1 unspecified atom stereocenters. The summed E-state index contributed by atoms with van der Waals surface area (Å²) < 4.78 is 5.31. The van der Waals surface area contributed by atoms with Crippen LogP contribution in [0.15, 0.2) is 28.8 Å². The second-order valence-electron chi connectivity index (χ2n) is 5.68. The van der Waals surface area contributed by atoms with Gasteiger partial charge in [0.05, 0.1) is 12.0 Å². The predicted octanol–water partition coefficient (Wildman–Crippen LogP) is 2.80. The van der Waals surface area contributed by atoms with Gasteiger partial charge in [-0.15, -0.1) is 0 Å². The Hall–Kier alpha value is -1.68. The van der Waals surface area contributed by atoms with E-state index in [1.54, 1.807) is 0 Å². The van der Waals surface area contributed by atoms with Crippen LogP contribution in [0, 0.1) is 5.92 Å². The third-order valence-electron chi connectivity index (χ3n) is 3.67. The van der Waals surface area contributed by atoms with Crippen molar-refractivity contribution in [2.45, 2.75) is 38.6 Å². The van der Waals surface area contributed by atoms with Crippen LogP contribution in [-0.4, -0.2) is 10.1 Å². The maximum atomic E-state index is 6.07. The fourth-order valence-corrected chi connectivity index (χ4v) is 2.64. The van der Waals surface area contributed by atoms with Crippen molar-refractivity contribution in [2.24, 2.45) is 11.7 Å². The topological polar surface area (TPSA) is 64.9 Å². The largest absolute Gasteiger partial charge is 0.338 e. The number of nitrogens with two attached hydrogens (primary N) is 1. The van der Waals surface area contributed by atoms with Gasteiger partial charge in [0.15, 0.2) is 5.82 Å². The van der Waals surface area contributed by atoms with Gasteiger partial charge in [-0.25, -0.2) is 0 Å². The van der Waals surface area contributed by atoms with Crippen molar-refractivity contribution in [3.05, 3.63) is 47.1 Å². The van der Waals surface area contributed by atoms with E-state index in [1.807, 2.05) is 0 Å². The Kier molecular flexibility index (Phi) is 3.11. The summed E-state index contributed by atoms with van der Waals surface area (Å²) in [5.74, 6) is 2.13. The maximum absolute atomic E-state index is 6.07. The molecule has 4 nitrogen and oxygen atoms in total. The van der Waals surface area contributed by atoms with Crippen LogP contribution in [-0.2, 0) is 6.42 Å². The van der Waals surface area contributed by atoms with E-state index < -0.39 is 0 Å². The highest BCUT2D eigenvalue weighted by atomic mass is 16.5. The quantitative estimate of drug-likeness (QED) is 0.914. The maximum Gasteiger partial charge on any atom is 0.243 e. The fraction of sp³-hybridized carbons (Fsp3) is 0.467. The first kappa shape index (κ1) is 12.4. The Labute approximate surface area is 113 Å². The molecule has 0 spiro atoms. The third-order valence-corrected chi connectivity index (χ3v) is 3.67. The summed E-state index contributed by atoms with van der Waals surface area (Å²) in [5, 5.41) is 4.10. The summed E-state index contributed by atoms with van der Waals surface area (Å²) in [5.41, 5.74) is 8.76. The highest BCUT2D eigenvalue weighted by Gasteiger charge is 2.31. The van der Waals surface area contributed by atoms with Crippen LogP contribution in [0.5, 0.6) is 0 Å². The normalized spacial score (nSPS) is 19.1. The minimum absolute atomic E-state index is 0.156.